The summed E-state index contributed by atoms with van der Waals surface area (Å²) in [6, 6.07) is 11.5. The van der Waals surface area contributed by atoms with Crippen molar-refractivity contribution in [2.75, 3.05) is 5.32 Å². The van der Waals surface area contributed by atoms with Gasteiger partial charge in [-0.05, 0) is 49.2 Å². The van der Waals surface area contributed by atoms with Gasteiger partial charge in [0.15, 0.2) is 11.5 Å². The molecule has 2 aromatic rings. The summed E-state index contributed by atoms with van der Waals surface area (Å²) in [5.74, 6) is 0.480. The van der Waals surface area contributed by atoms with Crippen molar-refractivity contribution in [1.29, 1.82) is 0 Å². The number of carbonyl (C=O) groups is 1. The van der Waals surface area contributed by atoms with Gasteiger partial charge in [0.05, 0.1) is 0 Å². The molecule has 0 atom stereocenters. The molecular formula is C18H21BrN4O. The minimum absolute atomic E-state index is 0.135. The Hall–Kier alpha value is -1.95. The largest absolute Gasteiger partial charge is 0.348 e. The molecule has 1 aromatic carbocycles. The molecule has 1 aliphatic carbocycles. The number of rotatable bonds is 4. The van der Waals surface area contributed by atoms with Crippen molar-refractivity contribution in [3.8, 4) is 0 Å². The molecule has 6 heteroatoms. The summed E-state index contributed by atoms with van der Waals surface area (Å²) in [5.41, 5.74) is 1.28. The molecule has 1 fully saturated rings. The number of benzene rings is 1. The van der Waals surface area contributed by atoms with E-state index in [4.69, 9.17) is 0 Å². The number of hydrogen-bond donors (Lipinski definition) is 2. The molecule has 2 N–H and O–H groups in total. The van der Waals surface area contributed by atoms with Gasteiger partial charge in [0.2, 0.25) is 0 Å². The van der Waals surface area contributed by atoms with Crippen LogP contribution in [-0.2, 0) is 0 Å². The highest BCUT2D eigenvalue weighted by molar-refractivity contribution is 9.10. The van der Waals surface area contributed by atoms with Crippen molar-refractivity contribution < 1.29 is 4.79 Å². The molecule has 1 saturated carbocycles. The van der Waals surface area contributed by atoms with Crippen molar-refractivity contribution in [3.05, 3.63) is 46.6 Å². The third-order valence-corrected chi connectivity index (χ3v) is 4.73. The molecule has 5 nitrogen and oxygen atoms in total. The van der Waals surface area contributed by atoms with E-state index < -0.39 is 0 Å². The summed E-state index contributed by atoms with van der Waals surface area (Å²) in [5, 5.41) is 14.4. The summed E-state index contributed by atoms with van der Waals surface area (Å²) in [7, 11) is 0. The fraction of sp³-hybridized carbons (Fsp3) is 0.389. The molecule has 1 amide bonds. The zero-order valence-corrected chi connectivity index (χ0v) is 15.1. The van der Waals surface area contributed by atoms with Gasteiger partial charge in [-0.15, -0.1) is 10.2 Å². The number of nitrogens with one attached hydrogen (secondary N) is 2. The van der Waals surface area contributed by atoms with Crippen molar-refractivity contribution in [2.24, 2.45) is 0 Å². The van der Waals surface area contributed by atoms with Crippen LogP contribution >= 0.6 is 15.9 Å². The lowest BCUT2D eigenvalue weighted by Gasteiger charge is -2.15. The first-order valence-corrected chi connectivity index (χ1v) is 9.17. The maximum Gasteiger partial charge on any atom is 0.272 e. The predicted octanol–water partition coefficient (Wildman–Crippen LogP) is 4.44. The second-order valence-electron chi connectivity index (χ2n) is 6.10. The van der Waals surface area contributed by atoms with Crippen LogP contribution in [-0.4, -0.2) is 22.1 Å². The standard InChI is InChI=1S/C18H21BrN4O/c19-13-7-9-15(10-8-13)20-17-12-11-16(22-23-17)18(24)21-14-5-3-1-2-4-6-14/h7-12,14H,1-6H2,(H,20,23)(H,21,24). The molecule has 3 rings (SSSR count). The summed E-state index contributed by atoms with van der Waals surface area (Å²) in [6.45, 7) is 0. The van der Waals surface area contributed by atoms with E-state index in [1.807, 2.05) is 24.3 Å². The van der Waals surface area contributed by atoms with E-state index in [1.54, 1.807) is 12.1 Å². The molecule has 0 unspecified atom stereocenters. The molecule has 1 heterocycles. The summed E-state index contributed by atoms with van der Waals surface area (Å²) in [6.07, 6.45) is 7.02. The summed E-state index contributed by atoms with van der Waals surface area (Å²) < 4.78 is 1.02. The van der Waals surface area contributed by atoms with Crippen molar-refractivity contribution in [1.82, 2.24) is 15.5 Å². The first kappa shape index (κ1) is 16.9. The number of anilines is 2. The van der Waals surface area contributed by atoms with Crippen molar-refractivity contribution in [3.63, 3.8) is 0 Å². The molecule has 24 heavy (non-hydrogen) atoms. The second kappa shape index (κ2) is 8.24. The minimum atomic E-state index is -0.135. The SMILES string of the molecule is O=C(NC1CCCCCC1)c1ccc(Nc2ccc(Br)cc2)nn1. The number of aromatic nitrogens is 2. The Morgan fingerprint density at radius 1 is 0.958 bits per heavy atom. The van der Waals surface area contributed by atoms with Gasteiger partial charge in [-0.3, -0.25) is 4.79 Å². The lowest BCUT2D eigenvalue weighted by Crippen LogP contribution is -2.35. The van der Waals surface area contributed by atoms with Crippen molar-refractivity contribution >= 4 is 33.3 Å². The highest BCUT2D eigenvalue weighted by atomic mass is 79.9. The van der Waals surface area contributed by atoms with Gasteiger partial charge >= 0.3 is 0 Å². The number of hydrogen-bond acceptors (Lipinski definition) is 4. The molecule has 0 spiro atoms. The third kappa shape index (κ3) is 4.77. The third-order valence-electron chi connectivity index (χ3n) is 4.20. The molecule has 0 bridgehead atoms. The van der Waals surface area contributed by atoms with Crippen LogP contribution in [0.5, 0.6) is 0 Å². The first-order valence-electron chi connectivity index (χ1n) is 8.38. The first-order chi connectivity index (χ1) is 11.7. The molecule has 0 radical (unpaired) electrons. The van der Waals surface area contributed by atoms with Crippen LogP contribution in [0.2, 0.25) is 0 Å². The van der Waals surface area contributed by atoms with Gasteiger partial charge in [0.25, 0.3) is 5.91 Å². The van der Waals surface area contributed by atoms with Crippen molar-refractivity contribution in [2.45, 2.75) is 44.6 Å². The Bertz CT molecular complexity index is 664. The Kier molecular flexibility index (Phi) is 5.80. The van der Waals surface area contributed by atoms with Gasteiger partial charge in [-0.25, -0.2) is 0 Å². The molecule has 0 saturated heterocycles. The number of nitrogens with zero attached hydrogens (tertiary/aromatic N) is 2. The van der Waals surface area contributed by atoms with Gasteiger partial charge in [0.1, 0.15) is 0 Å². The minimum Gasteiger partial charge on any atom is -0.348 e. The average Bonchev–Trinajstić information content (AvgIpc) is 2.86. The smallest absolute Gasteiger partial charge is 0.272 e. The van der Waals surface area contributed by atoms with Crippen LogP contribution in [0.4, 0.5) is 11.5 Å². The molecule has 126 valence electrons. The van der Waals surface area contributed by atoms with E-state index in [2.05, 4.69) is 36.8 Å². The summed E-state index contributed by atoms with van der Waals surface area (Å²) in [4.78, 5) is 12.3. The quantitative estimate of drug-likeness (QED) is 0.759. The molecule has 1 aromatic heterocycles. The van der Waals surface area contributed by atoms with Crippen LogP contribution in [0.25, 0.3) is 0 Å². The van der Waals surface area contributed by atoms with Crippen LogP contribution in [0.1, 0.15) is 49.0 Å². The lowest BCUT2D eigenvalue weighted by molar-refractivity contribution is 0.0927. The van der Waals surface area contributed by atoms with E-state index in [9.17, 15) is 4.79 Å². The fourth-order valence-corrected chi connectivity index (χ4v) is 3.15. The van der Waals surface area contributed by atoms with Gasteiger partial charge in [-0.1, -0.05) is 41.6 Å². The highest BCUT2D eigenvalue weighted by Gasteiger charge is 2.16. The topological polar surface area (TPSA) is 66.9 Å². The highest BCUT2D eigenvalue weighted by Crippen LogP contribution is 2.19. The van der Waals surface area contributed by atoms with E-state index in [0.29, 0.717) is 11.5 Å². The fourth-order valence-electron chi connectivity index (χ4n) is 2.88. The van der Waals surface area contributed by atoms with Crippen LogP contribution in [0, 0.1) is 0 Å². The van der Waals surface area contributed by atoms with E-state index in [0.717, 1.165) is 23.0 Å². The number of halogens is 1. The Labute approximate surface area is 150 Å². The van der Waals surface area contributed by atoms with Gasteiger partial charge in [-0.2, -0.15) is 0 Å². The molecule has 1 aliphatic rings. The Morgan fingerprint density at radius 2 is 1.67 bits per heavy atom. The van der Waals surface area contributed by atoms with Crippen LogP contribution in [0.15, 0.2) is 40.9 Å². The van der Waals surface area contributed by atoms with Crippen LogP contribution in [0.3, 0.4) is 0 Å². The average molecular weight is 389 g/mol. The second-order valence-corrected chi connectivity index (χ2v) is 7.01. The number of carbonyl (C=O) groups excluding carboxylic acids is 1. The zero-order chi connectivity index (χ0) is 16.8. The van der Waals surface area contributed by atoms with E-state index in [1.165, 1.54) is 25.7 Å². The monoisotopic (exact) mass is 388 g/mol. The maximum absolute atomic E-state index is 12.3. The normalized spacial score (nSPS) is 15.5. The lowest BCUT2D eigenvalue weighted by atomic mass is 10.1. The Balaban J connectivity index is 1.58. The van der Waals surface area contributed by atoms with E-state index in [-0.39, 0.29) is 11.9 Å². The number of amides is 1. The maximum atomic E-state index is 12.3. The van der Waals surface area contributed by atoms with Gasteiger partial charge in [0, 0.05) is 16.2 Å². The summed E-state index contributed by atoms with van der Waals surface area (Å²) >= 11 is 3.40. The molecular weight excluding hydrogens is 368 g/mol. The Morgan fingerprint density at radius 3 is 2.29 bits per heavy atom. The van der Waals surface area contributed by atoms with E-state index >= 15 is 0 Å². The molecule has 0 aliphatic heterocycles. The van der Waals surface area contributed by atoms with Gasteiger partial charge < -0.3 is 10.6 Å². The zero-order valence-electron chi connectivity index (χ0n) is 13.5. The predicted molar refractivity (Wildman–Crippen MR) is 98.4 cm³/mol. The van der Waals surface area contributed by atoms with Crippen LogP contribution < -0.4 is 10.6 Å².